The summed E-state index contributed by atoms with van der Waals surface area (Å²) < 4.78 is 5.54. The molecule has 0 aliphatic carbocycles. The average molecular weight is 626 g/mol. The fraction of sp³-hybridized carbons (Fsp3) is 0.583. The number of aryl methyl sites for hydroxylation is 4. The predicted octanol–water partition coefficient (Wildman–Crippen LogP) is 8.44. The molecule has 0 aliphatic rings. The molecule has 0 heterocycles. The van der Waals surface area contributed by atoms with Crippen molar-refractivity contribution in [2.75, 3.05) is 23.9 Å². The molecular weight excluding hydrogens is 570 g/mol. The second-order valence-corrected chi connectivity index (χ2v) is 13.8. The topological polar surface area (TPSA) is 87.7 Å². The first-order valence-electron chi connectivity index (χ1n) is 16.0. The van der Waals surface area contributed by atoms with Gasteiger partial charge in [0.15, 0.2) is 0 Å². The highest BCUT2D eigenvalue weighted by Gasteiger charge is 2.37. The molecule has 2 unspecified atom stereocenters. The van der Waals surface area contributed by atoms with Crippen molar-refractivity contribution in [1.82, 2.24) is 10.2 Å². The summed E-state index contributed by atoms with van der Waals surface area (Å²) >= 11 is 1.61. The van der Waals surface area contributed by atoms with Gasteiger partial charge in [0.2, 0.25) is 5.91 Å². The molecule has 244 valence electrons. The minimum absolute atomic E-state index is 0.269. The molecule has 0 saturated heterocycles. The number of benzene rings is 2. The van der Waals surface area contributed by atoms with E-state index in [-0.39, 0.29) is 11.8 Å². The van der Waals surface area contributed by atoms with Gasteiger partial charge in [-0.05, 0) is 95.6 Å². The van der Waals surface area contributed by atoms with Crippen molar-refractivity contribution in [2.45, 2.75) is 118 Å². The average Bonchev–Trinajstić information content (AvgIpc) is 2.93. The third kappa shape index (κ3) is 11.8. The maximum Gasteiger partial charge on any atom is 0.408 e. The van der Waals surface area contributed by atoms with Crippen LogP contribution in [0.25, 0.3) is 0 Å². The zero-order valence-electron chi connectivity index (χ0n) is 28.5. The summed E-state index contributed by atoms with van der Waals surface area (Å²) in [5.74, 6) is 0.120. The van der Waals surface area contributed by atoms with E-state index >= 15 is 0 Å². The highest BCUT2D eigenvalue weighted by molar-refractivity contribution is 7.98. The Morgan fingerprint density at radius 3 is 2.14 bits per heavy atom. The largest absolute Gasteiger partial charge is 0.444 e. The van der Waals surface area contributed by atoms with Crippen molar-refractivity contribution in [3.8, 4) is 0 Å². The Labute approximate surface area is 270 Å². The van der Waals surface area contributed by atoms with Crippen LogP contribution in [0.15, 0.2) is 36.4 Å². The highest BCUT2D eigenvalue weighted by Crippen LogP contribution is 2.30. The SMILES string of the molecule is CCCCCCCCN(C(=O)C(CCSC)NC(=O)OC(C)(C)C)C(C(=O)Nc1c(C)cccc1C)c1ccc(C)cc1C. The number of rotatable bonds is 16. The molecule has 0 saturated carbocycles. The quantitative estimate of drug-likeness (QED) is 0.183. The molecule has 2 N–H and O–H groups in total. The Bertz CT molecular complexity index is 1220. The van der Waals surface area contributed by atoms with Crippen LogP contribution in [0.5, 0.6) is 0 Å². The van der Waals surface area contributed by atoms with E-state index in [0.717, 1.165) is 65.6 Å². The molecule has 0 aliphatic heterocycles. The Morgan fingerprint density at radius 2 is 1.55 bits per heavy atom. The fourth-order valence-corrected chi connectivity index (χ4v) is 5.83. The van der Waals surface area contributed by atoms with Crippen LogP contribution in [0, 0.1) is 27.7 Å². The lowest BCUT2D eigenvalue weighted by Crippen LogP contribution is -2.53. The molecule has 7 nitrogen and oxygen atoms in total. The smallest absolute Gasteiger partial charge is 0.408 e. The van der Waals surface area contributed by atoms with Crippen LogP contribution in [0.4, 0.5) is 10.5 Å². The number of amides is 3. The first-order chi connectivity index (χ1) is 20.8. The first kappa shape index (κ1) is 37.2. The summed E-state index contributed by atoms with van der Waals surface area (Å²) in [5, 5.41) is 6.02. The van der Waals surface area contributed by atoms with E-state index in [1.165, 1.54) is 6.42 Å². The first-order valence-corrected chi connectivity index (χ1v) is 17.4. The van der Waals surface area contributed by atoms with Gasteiger partial charge in [0.1, 0.15) is 17.7 Å². The van der Waals surface area contributed by atoms with Crippen molar-refractivity contribution in [3.63, 3.8) is 0 Å². The van der Waals surface area contributed by atoms with Gasteiger partial charge in [-0.3, -0.25) is 9.59 Å². The molecule has 2 aromatic carbocycles. The molecule has 0 bridgehead atoms. The van der Waals surface area contributed by atoms with Crippen LogP contribution in [-0.4, -0.2) is 53.0 Å². The van der Waals surface area contributed by atoms with Crippen molar-refractivity contribution in [2.24, 2.45) is 0 Å². The van der Waals surface area contributed by atoms with Crippen LogP contribution in [0.2, 0.25) is 0 Å². The van der Waals surface area contributed by atoms with E-state index in [4.69, 9.17) is 4.74 Å². The van der Waals surface area contributed by atoms with Gasteiger partial charge in [-0.2, -0.15) is 11.8 Å². The van der Waals surface area contributed by atoms with Gasteiger partial charge in [0.25, 0.3) is 5.91 Å². The van der Waals surface area contributed by atoms with Crippen LogP contribution in [-0.2, 0) is 14.3 Å². The van der Waals surface area contributed by atoms with E-state index in [9.17, 15) is 14.4 Å². The lowest BCUT2D eigenvalue weighted by atomic mass is 9.95. The number of nitrogens with one attached hydrogen (secondary N) is 2. The van der Waals surface area contributed by atoms with Gasteiger partial charge in [-0.25, -0.2) is 4.79 Å². The molecule has 0 fully saturated rings. The number of carbonyl (C=O) groups excluding carboxylic acids is 3. The fourth-order valence-electron chi connectivity index (χ4n) is 5.36. The third-order valence-corrected chi connectivity index (χ3v) is 8.29. The summed E-state index contributed by atoms with van der Waals surface area (Å²) in [7, 11) is 0. The van der Waals surface area contributed by atoms with E-state index < -0.39 is 23.8 Å². The molecule has 0 spiro atoms. The van der Waals surface area contributed by atoms with E-state index in [0.29, 0.717) is 18.7 Å². The standard InChI is InChI=1S/C36H55N3O4S/c1-10-11-12-13-14-15-22-39(34(41)30(21-23-44-9)37-35(42)43-36(6,7)8)32(29-20-19-25(2)24-28(29)5)33(40)38-31-26(3)17-16-18-27(31)4/h16-20,24,30,32H,10-15,21-23H2,1-9H3,(H,37,42)(H,38,40). The molecule has 8 heteroatoms. The van der Waals surface area contributed by atoms with E-state index in [2.05, 4.69) is 17.6 Å². The Morgan fingerprint density at radius 1 is 0.909 bits per heavy atom. The maximum atomic E-state index is 14.6. The summed E-state index contributed by atoms with van der Waals surface area (Å²) in [6, 6.07) is 10.2. The Kier molecular flexibility index (Phi) is 15.3. The summed E-state index contributed by atoms with van der Waals surface area (Å²) in [5.41, 5.74) is 4.76. The minimum Gasteiger partial charge on any atom is -0.444 e. The number of carbonyl (C=O) groups is 3. The molecule has 0 radical (unpaired) electrons. The lowest BCUT2D eigenvalue weighted by molar-refractivity contribution is -0.141. The molecule has 2 atom stereocenters. The number of hydrogen-bond donors (Lipinski definition) is 2. The number of para-hydroxylation sites is 1. The number of alkyl carbamates (subject to hydrolysis) is 1. The van der Waals surface area contributed by atoms with Gasteiger partial charge in [-0.15, -0.1) is 0 Å². The van der Waals surface area contributed by atoms with Crippen LogP contribution < -0.4 is 10.6 Å². The second kappa shape index (κ2) is 18.1. The molecular formula is C36H55N3O4S. The third-order valence-electron chi connectivity index (χ3n) is 7.64. The highest BCUT2D eigenvalue weighted by atomic mass is 32.2. The lowest BCUT2D eigenvalue weighted by Gasteiger charge is -2.35. The Balaban J connectivity index is 2.59. The molecule has 2 rings (SSSR count). The number of anilines is 1. The number of unbranched alkanes of at least 4 members (excludes halogenated alkanes) is 5. The van der Waals surface area contributed by atoms with Crippen molar-refractivity contribution in [1.29, 1.82) is 0 Å². The number of nitrogens with zero attached hydrogens (tertiary/aromatic N) is 1. The van der Waals surface area contributed by atoms with E-state index in [1.807, 2.05) is 70.3 Å². The van der Waals surface area contributed by atoms with Crippen molar-refractivity contribution >= 4 is 35.4 Å². The summed E-state index contributed by atoms with van der Waals surface area (Å²) in [4.78, 5) is 43.6. The van der Waals surface area contributed by atoms with Gasteiger partial charge in [0, 0.05) is 12.2 Å². The number of hydrogen-bond acceptors (Lipinski definition) is 5. The summed E-state index contributed by atoms with van der Waals surface area (Å²) in [6.07, 6.45) is 8.03. The van der Waals surface area contributed by atoms with Crippen LogP contribution in [0.3, 0.4) is 0 Å². The monoisotopic (exact) mass is 625 g/mol. The maximum absolute atomic E-state index is 14.6. The van der Waals surface area contributed by atoms with Crippen molar-refractivity contribution < 1.29 is 19.1 Å². The van der Waals surface area contributed by atoms with Crippen molar-refractivity contribution in [3.05, 3.63) is 64.2 Å². The van der Waals surface area contributed by atoms with Gasteiger partial charge < -0.3 is 20.3 Å². The molecule has 3 amide bonds. The molecule has 0 aromatic heterocycles. The zero-order valence-corrected chi connectivity index (χ0v) is 29.3. The minimum atomic E-state index is -0.880. The van der Waals surface area contributed by atoms with Gasteiger partial charge in [-0.1, -0.05) is 81.0 Å². The Hall–Kier alpha value is -3.00. The zero-order chi connectivity index (χ0) is 32.9. The molecule has 44 heavy (non-hydrogen) atoms. The van der Waals surface area contributed by atoms with E-state index in [1.54, 1.807) is 37.4 Å². The molecule has 2 aromatic rings. The predicted molar refractivity (Wildman–Crippen MR) is 184 cm³/mol. The normalized spacial score (nSPS) is 12.8. The van der Waals surface area contributed by atoms with Crippen LogP contribution in [0.1, 0.15) is 106 Å². The summed E-state index contributed by atoms with van der Waals surface area (Å²) in [6.45, 7) is 15.9. The number of thioether (sulfide) groups is 1. The van der Waals surface area contributed by atoms with Crippen LogP contribution >= 0.6 is 11.8 Å². The second-order valence-electron chi connectivity index (χ2n) is 12.8. The van der Waals surface area contributed by atoms with Gasteiger partial charge in [0.05, 0.1) is 0 Å². The van der Waals surface area contributed by atoms with Gasteiger partial charge >= 0.3 is 6.09 Å². The number of ether oxygens (including phenoxy) is 1.